The Kier molecular flexibility index (Phi) is 7.29. The third kappa shape index (κ3) is 5.20. The average Bonchev–Trinajstić information content (AvgIpc) is 2.86. The minimum atomic E-state index is -1.00. The van der Waals surface area contributed by atoms with E-state index in [-0.39, 0.29) is 16.9 Å². The van der Waals surface area contributed by atoms with Crippen LogP contribution in [0.5, 0.6) is 11.5 Å². The number of non-ortho nitro benzene ring substituents is 1. The number of urea groups is 1. The molecule has 3 aromatic rings. The van der Waals surface area contributed by atoms with Gasteiger partial charge in [0.05, 0.1) is 21.3 Å². The van der Waals surface area contributed by atoms with Gasteiger partial charge in [-0.3, -0.25) is 25.0 Å². The fraction of sp³-hybridized carbons (Fsp3) is 0.0800. The highest BCUT2D eigenvalue weighted by Gasteiger charge is 2.37. The van der Waals surface area contributed by atoms with Crippen molar-refractivity contribution in [3.8, 4) is 11.5 Å². The monoisotopic (exact) mass is 599 g/mol. The number of nitrogens with one attached hydrogen (secondary N) is 1. The van der Waals surface area contributed by atoms with Crippen LogP contribution in [0, 0.1) is 13.7 Å². The maximum Gasteiger partial charge on any atom is 0.335 e. The van der Waals surface area contributed by atoms with Crippen LogP contribution in [0.4, 0.5) is 16.2 Å². The van der Waals surface area contributed by atoms with E-state index in [9.17, 15) is 24.5 Å². The highest BCUT2D eigenvalue weighted by Crippen LogP contribution is 2.35. The van der Waals surface area contributed by atoms with Crippen LogP contribution >= 0.6 is 22.6 Å². The minimum absolute atomic E-state index is 0.0399. The number of hydrogen-bond donors (Lipinski definition) is 1. The topological polar surface area (TPSA) is 128 Å². The third-order valence-electron chi connectivity index (χ3n) is 5.19. The number of nitro benzene ring substituents is 1. The smallest absolute Gasteiger partial charge is 0.335 e. The number of amides is 4. The van der Waals surface area contributed by atoms with Crippen LogP contribution in [0.2, 0.25) is 0 Å². The number of ether oxygens (including phenoxy) is 2. The number of benzene rings is 3. The van der Waals surface area contributed by atoms with Crippen LogP contribution in [0.3, 0.4) is 0 Å². The van der Waals surface area contributed by atoms with Gasteiger partial charge in [0, 0.05) is 12.1 Å². The van der Waals surface area contributed by atoms with Gasteiger partial charge >= 0.3 is 6.03 Å². The molecular weight excluding hydrogens is 581 g/mol. The van der Waals surface area contributed by atoms with E-state index >= 15 is 0 Å². The van der Waals surface area contributed by atoms with Crippen molar-refractivity contribution in [1.82, 2.24) is 5.32 Å². The Morgan fingerprint density at radius 2 is 1.81 bits per heavy atom. The van der Waals surface area contributed by atoms with Crippen molar-refractivity contribution in [3.05, 3.63) is 97.1 Å². The lowest BCUT2D eigenvalue weighted by atomic mass is 10.1. The van der Waals surface area contributed by atoms with Crippen molar-refractivity contribution < 1.29 is 28.8 Å². The van der Waals surface area contributed by atoms with Crippen molar-refractivity contribution in [2.75, 3.05) is 12.0 Å². The van der Waals surface area contributed by atoms with Gasteiger partial charge in [-0.15, -0.1) is 0 Å². The van der Waals surface area contributed by atoms with Crippen LogP contribution in [0.15, 0.2) is 72.3 Å². The molecule has 1 N–H and O–H groups in total. The van der Waals surface area contributed by atoms with E-state index in [1.165, 1.54) is 31.4 Å². The van der Waals surface area contributed by atoms with Crippen LogP contribution in [0.1, 0.15) is 11.1 Å². The van der Waals surface area contributed by atoms with E-state index in [1.54, 1.807) is 12.1 Å². The van der Waals surface area contributed by atoms with Crippen molar-refractivity contribution in [2.45, 2.75) is 6.61 Å². The van der Waals surface area contributed by atoms with Gasteiger partial charge in [-0.2, -0.15) is 0 Å². The zero-order valence-electron chi connectivity index (χ0n) is 18.8. The molecule has 1 aliphatic heterocycles. The molecule has 0 unspecified atom stereocenters. The van der Waals surface area contributed by atoms with Crippen LogP contribution in [-0.2, 0) is 16.2 Å². The van der Waals surface area contributed by atoms with Gasteiger partial charge in [-0.1, -0.05) is 36.4 Å². The van der Waals surface area contributed by atoms with Gasteiger partial charge < -0.3 is 9.47 Å². The van der Waals surface area contributed by atoms with Crippen LogP contribution < -0.4 is 19.7 Å². The Labute approximate surface area is 218 Å². The molecule has 0 saturated carbocycles. The van der Waals surface area contributed by atoms with Gasteiger partial charge in [0.1, 0.15) is 12.2 Å². The Hall–Kier alpha value is -4.26. The first-order valence-corrected chi connectivity index (χ1v) is 11.6. The molecule has 36 heavy (non-hydrogen) atoms. The molecule has 1 aliphatic rings. The molecule has 1 saturated heterocycles. The van der Waals surface area contributed by atoms with Gasteiger partial charge in [0.15, 0.2) is 11.5 Å². The average molecular weight is 599 g/mol. The van der Waals surface area contributed by atoms with Gasteiger partial charge in [0.25, 0.3) is 17.5 Å². The molecule has 4 amide bonds. The fourth-order valence-electron chi connectivity index (χ4n) is 3.50. The highest BCUT2D eigenvalue weighted by molar-refractivity contribution is 14.1. The number of nitro groups is 1. The zero-order valence-corrected chi connectivity index (χ0v) is 20.9. The Morgan fingerprint density at radius 3 is 2.50 bits per heavy atom. The second-order valence-electron chi connectivity index (χ2n) is 7.54. The first kappa shape index (κ1) is 24.9. The number of barbiturate groups is 1. The number of halogens is 1. The van der Waals surface area contributed by atoms with Crippen molar-refractivity contribution in [2.24, 2.45) is 0 Å². The number of methoxy groups -OCH3 is 1. The highest BCUT2D eigenvalue weighted by atomic mass is 127. The quantitative estimate of drug-likeness (QED) is 0.140. The van der Waals surface area contributed by atoms with E-state index in [0.717, 1.165) is 11.6 Å². The molecule has 3 aromatic carbocycles. The lowest BCUT2D eigenvalue weighted by Crippen LogP contribution is -2.54. The van der Waals surface area contributed by atoms with E-state index < -0.39 is 22.8 Å². The number of carbonyl (C=O) groups is 3. The summed E-state index contributed by atoms with van der Waals surface area (Å²) in [4.78, 5) is 49.2. The summed E-state index contributed by atoms with van der Waals surface area (Å²) in [5, 5.41) is 13.2. The first-order valence-electron chi connectivity index (χ1n) is 10.5. The van der Waals surface area contributed by atoms with Crippen molar-refractivity contribution >= 4 is 57.9 Å². The molecule has 0 atom stereocenters. The summed E-state index contributed by atoms with van der Waals surface area (Å²) in [5.74, 6) is -0.912. The van der Waals surface area contributed by atoms with E-state index in [4.69, 9.17) is 9.47 Å². The van der Waals surface area contributed by atoms with E-state index in [1.807, 2.05) is 30.3 Å². The lowest BCUT2D eigenvalue weighted by molar-refractivity contribution is -0.384. The Morgan fingerprint density at radius 1 is 1.06 bits per heavy atom. The summed E-state index contributed by atoms with van der Waals surface area (Å²) >= 11 is 2.06. The maximum absolute atomic E-state index is 13.1. The number of carbonyl (C=O) groups excluding carboxylic acids is 3. The second-order valence-corrected chi connectivity index (χ2v) is 8.71. The fourth-order valence-corrected chi connectivity index (χ4v) is 4.28. The van der Waals surface area contributed by atoms with Gasteiger partial charge in [-0.05, 0) is 58.0 Å². The summed E-state index contributed by atoms with van der Waals surface area (Å²) in [6.07, 6.45) is 1.32. The SMILES string of the molecule is COc1cc(/C=C2\C(=O)NC(=O)N(c3cccc([N+](=O)[O-])c3)C2=O)cc(I)c1OCc1ccccc1. The number of nitrogens with zero attached hydrogens (tertiary/aromatic N) is 2. The van der Waals surface area contributed by atoms with E-state index in [2.05, 4.69) is 27.9 Å². The molecule has 4 rings (SSSR count). The molecule has 0 spiro atoms. The first-order chi connectivity index (χ1) is 17.3. The van der Waals surface area contributed by atoms with E-state index in [0.29, 0.717) is 32.1 Å². The number of hydrogen-bond acceptors (Lipinski definition) is 7. The normalized spacial score (nSPS) is 14.6. The third-order valence-corrected chi connectivity index (χ3v) is 5.99. The minimum Gasteiger partial charge on any atom is -0.493 e. The summed E-state index contributed by atoms with van der Waals surface area (Å²) in [6.45, 7) is 0.314. The Bertz CT molecular complexity index is 1410. The van der Waals surface area contributed by atoms with Crippen molar-refractivity contribution in [1.29, 1.82) is 0 Å². The predicted molar refractivity (Wildman–Crippen MR) is 139 cm³/mol. The molecule has 11 heteroatoms. The molecule has 10 nitrogen and oxygen atoms in total. The molecule has 182 valence electrons. The van der Waals surface area contributed by atoms with Gasteiger partial charge in [-0.25, -0.2) is 9.69 Å². The Balaban J connectivity index is 1.66. The summed E-state index contributed by atoms with van der Waals surface area (Å²) in [7, 11) is 1.47. The van der Waals surface area contributed by atoms with Crippen LogP contribution in [-0.4, -0.2) is 29.9 Å². The van der Waals surface area contributed by atoms with Gasteiger partial charge in [0.2, 0.25) is 0 Å². The largest absolute Gasteiger partial charge is 0.493 e. The van der Waals surface area contributed by atoms with Crippen LogP contribution in [0.25, 0.3) is 6.08 Å². The predicted octanol–water partition coefficient (Wildman–Crippen LogP) is 4.45. The molecule has 0 aliphatic carbocycles. The summed E-state index contributed by atoms with van der Waals surface area (Å²) in [5.41, 5.74) is 0.756. The van der Waals surface area contributed by atoms with Crippen molar-refractivity contribution in [3.63, 3.8) is 0 Å². The molecule has 0 aromatic heterocycles. The lowest BCUT2D eigenvalue weighted by Gasteiger charge is -2.26. The molecule has 0 bridgehead atoms. The molecular formula is C25H18IN3O7. The number of anilines is 1. The summed E-state index contributed by atoms with van der Waals surface area (Å²) in [6, 6.07) is 16.9. The molecule has 1 fully saturated rings. The second kappa shape index (κ2) is 10.6. The standard InChI is InChI=1S/C25H18IN3O7/c1-35-21-12-16(11-20(26)22(21)36-14-15-6-3-2-4-7-15)10-19-23(30)27-25(32)28(24(19)31)17-8-5-9-18(13-17)29(33)34/h2-13H,14H2,1H3,(H,27,30,32)/b19-10+. The maximum atomic E-state index is 13.1. The zero-order chi connectivity index (χ0) is 25.8. The molecule has 0 radical (unpaired) electrons. The molecule has 1 heterocycles. The number of imide groups is 2. The number of rotatable bonds is 7. The summed E-state index contributed by atoms with van der Waals surface area (Å²) < 4.78 is 12.1.